The van der Waals surface area contributed by atoms with Gasteiger partial charge in [0.05, 0.1) is 22.0 Å². The van der Waals surface area contributed by atoms with Crippen LogP contribution < -0.4 is 27.7 Å². The lowest BCUT2D eigenvalue weighted by atomic mass is 10.1. The normalized spacial score (nSPS) is 14.2. The molecule has 1 aliphatic carbocycles. The van der Waals surface area contributed by atoms with Crippen LogP contribution in [0, 0.1) is 5.92 Å². The van der Waals surface area contributed by atoms with Crippen LogP contribution in [-0.4, -0.2) is 37.3 Å². The van der Waals surface area contributed by atoms with E-state index in [0.29, 0.717) is 28.2 Å². The molecule has 1 aromatic carbocycles. The van der Waals surface area contributed by atoms with E-state index < -0.39 is 12.1 Å². The average Bonchev–Trinajstić information content (AvgIpc) is 3.58. The first-order valence-corrected chi connectivity index (χ1v) is 11.0. The molecule has 0 spiro atoms. The van der Waals surface area contributed by atoms with Crippen LogP contribution in [0.4, 0.5) is 22.4 Å². The summed E-state index contributed by atoms with van der Waals surface area (Å²) in [6.07, 6.45) is 1.07. The Hall–Kier alpha value is -3.31. The minimum atomic E-state index is -1.13. The molecular formula is C20H22Cl2N8O3. The van der Waals surface area contributed by atoms with Crippen LogP contribution in [0.3, 0.4) is 0 Å². The predicted molar refractivity (Wildman–Crippen MR) is 127 cm³/mol. The fraction of sp³-hybridized carbons (Fsp3) is 0.350. The lowest BCUT2D eigenvalue weighted by molar-refractivity contribution is 0.194. The minimum absolute atomic E-state index is 0.0377. The molecule has 33 heavy (non-hydrogen) atoms. The number of carboxylic acid groups (broad SMARTS) is 1. The molecular weight excluding hydrogens is 471 g/mol. The van der Waals surface area contributed by atoms with Crippen molar-refractivity contribution in [2.24, 2.45) is 5.92 Å². The van der Waals surface area contributed by atoms with E-state index in [0.717, 1.165) is 12.8 Å². The molecule has 0 radical (unpaired) electrons. The van der Waals surface area contributed by atoms with Gasteiger partial charge < -0.3 is 27.2 Å². The molecule has 13 heteroatoms. The molecule has 4 rings (SSSR count). The molecule has 174 valence electrons. The van der Waals surface area contributed by atoms with E-state index in [2.05, 4.69) is 20.6 Å². The molecule has 7 N–H and O–H groups in total. The Morgan fingerprint density at radius 1 is 1.24 bits per heavy atom. The molecule has 0 aliphatic heterocycles. The maximum Gasteiger partial charge on any atom is 0.404 e. The molecule has 1 amide bonds. The summed E-state index contributed by atoms with van der Waals surface area (Å²) in [7, 11) is 0. The highest BCUT2D eigenvalue weighted by atomic mass is 35.5. The number of nitrogens with zero attached hydrogens (tertiary/aromatic N) is 4. The van der Waals surface area contributed by atoms with E-state index in [4.69, 9.17) is 44.8 Å². The van der Waals surface area contributed by atoms with Crippen molar-refractivity contribution in [3.05, 3.63) is 44.4 Å². The number of aromatic nitrogens is 4. The quantitative estimate of drug-likeness (QED) is 0.296. The lowest BCUT2D eigenvalue weighted by Crippen LogP contribution is -2.32. The standard InChI is InChI=1S/C20H22Cl2N8O3/c21-10-3-1-4-11-12(10)18(31)30(8-2-7-25-20(32)33)17(26-11)14(9-5-6-9)27-16-13(22)15(23)28-19(24)29-16/h1,3-4,9,14,25H,2,5-8H2,(H,32,33)(H5,23,24,27,28,29). The van der Waals surface area contributed by atoms with Crippen molar-refractivity contribution in [1.29, 1.82) is 0 Å². The summed E-state index contributed by atoms with van der Waals surface area (Å²) in [5.41, 5.74) is 11.7. The largest absolute Gasteiger partial charge is 0.465 e. The van der Waals surface area contributed by atoms with Crippen molar-refractivity contribution in [2.45, 2.75) is 31.8 Å². The Morgan fingerprint density at radius 2 is 2.00 bits per heavy atom. The van der Waals surface area contributed by atoms with Crippen molar-refractivity contribution in [3.8, 4) is 0 Å². The van der Waals surface area contributed by atoms with Crippen molar-refractivity contribution in [3.63, 3.8) is 0 Å². The summed E-state index contributed by atoms with van der Waals surface area (Å²) in [5.74, 6) is 0.892. The number of nitrogens with two attached hydrogens (primary N) is 2. The highest BCUT2D eigenvalue weighted by Crippen LogP contribution is 2.43. The van der Waals surface area contributed by atoms with E-state index in [9.17, 15) is 9.59 Å². The van der Waals surface area contributed by atoms with Gasteiger partial charge >= 0.3 is 6.09 Å². The monoisotopic (exact) mass is 492 g/mol. The Labute approximate surface area is 198 Å². The summed E-state index contributed by atoms with van der Waals surface area (Å²) in [6, 6.07) is 4.66. The third kappa shape index (κ3) is 4.88. The molecule has 2 heterocycles. The van der Waals surface area contributed by atoms with Crippen LogP contribution in [0.15, 0.2) is 23.0 Å². The van der Waals surface area contributed by atoms with E-state index in [1.807, 2.05) is 0 Å². The number of anilines is 3. The van der Waals surface area contributed by atoms with E-state index >= 15 is 0 Å². The van der Waals surface area contributed by atoms with Gasteiger partial charge in [0.2, 0.25) is 5.95 Å². The second-order valence-electron chi connectivity index (χ2n) is 7.74. The molecule has 0 bridgehead atoms. The number of rotatable bonds is 8. The van der Waals surface area contributed by atoms with Gasteiger partial charge in [-0.3, -0.25) is 9.36 Å². The van der Waals surface area contributed by atoms with Gasteiger partial charge in [-0.05, 0) is 37.3 Å². The van der Waals surface area contributed by atoms with Gasteiger partial charge in [0.25, 0.3) is 5.56 Å². The van der Waals surface area contributed by atoms with Gasteiger partial charge in [-0.25, -0.2) is 9.78 Å². The number of fused-ring (bicyclic) bond motifs is 1. The Morgan fingerprint density at radius 3 is 2.70 bits per heavy atom. The van der Waals surface area contributed by atoms with Crippen LogP contribution >= 0.6 is 23.2 Å². The molecule has 1 aliphatic rings. The summed E-state index contributed by atoms with van der Waals surface area (Å²) >= 11 is 12.6. The fourth-order valence-electron chi connectivity index (χ4n) is 3.67. The van der Waals surface area contributed by atoms with E-state index in [-0.39, 0.29) is 47.2 Å². The highest BCUT2D eigenvalue weighted by molar-refractivity contribution is 6.35. The number of hydrogen-bond donors (Lipinski definition) is 5. The number of halogens is 2. The van der Waals surface area contributed by atoms with Crippen molar-refractivity contribution >= 4 is 57.8 Å². The Balaban J connectivity index is 1.80. The summed E-state index contributed by atoms with van der Waals surface area (Å²) in [5, 5.41) is 15.1. The van der Waals surface area contributed by atoms with Gasteiger partial charge in [0, 0.05) is 13.1 Å². The second kappa shape index (κ2) is 9.28. The van der Waals surface area contributed by atoms with Crippen molar-refractivity contribution < 1.29 is 9.90 Å². The zero-order valence-electron chi connectivity index (χ0n) is 17.4. The predicted octanol–water partition coefficient (Wildman–Crippen LogP) is 2.88. The summed E-state index contributed by atoms with van der Waals surface area (Å²) in [6.45, 7) is 0.406. The average molecular weight is 493 g/mol. The summed E-state index contributed by atoms with van der Waals surface area (Å²) < 4.78 is 1.52. The molecule has 0 saturated heterocycles. The Kier molecular flexibility index (Phi) is 6.43. The molecule has 1 saturated carbocycles. The van der Waals surface area contributed by atoms with Crippen LogP contribution in [-0.2, 0) is 6.54 Å². The maximum absolute atomic E-state index is 13.5. The number of nitrogens with one attached hydrogen (secondary N) is 2. The maximum atomic E-state index is 13.5. The number of nitrogen functional groups attached to an aromatic ring is 2. The van der Waals surface area contributed by atoms with Gasteiger partial charge in [-0.2, -0.15) is 9.97 Å². The third-order valence-electron chi connectivity index (χ3n) is 5.35. The van der Waals surface area contributed by atoms with Crippen LogP contribution in [0.5, 0.6) is 0 Å². The first-order chi connectivity index (χ1) is 15.8. The number of amides is 1. The lowest BCUT2D eigenvalue weighted by Gasteiger charge is -2.24. The first-order valence-electron chi connectivity index (χ1n) is 10.3. The molecule has 2 aromatic heterocycles. The fourth-order valence-corrected chi connectivity index (χ4v) is 4.06. The minimum Gasteiger partial charge on any atom is -0.465 e. The van der Waals surface area contributed by atoms with Crippen LogP contribution in [0.2, 0.25) is 10.0 Å². The van der Waals surface area contributed by atoms with Crippen LogP contribution in [0.25, 0.3) is 10.9 Å². The zero-order valence-corrected chi connectivity index (χ0v) is 18.9. The van der Waals surface area contributed by atoms with Gasteiger partial charge in [-0.1, -0.05) is 29.3 Å². The first kappa shape index (κ1) is 22.9. The van der Waals surface area contributed by atoms with Gasteiger partial charge in [-0.15, -0.1) is 0 Å². The second-order valence-corrected chi connectivity index (χ2v) is 8.52. The summed E-state index contributed by atoms with van der Waals surface area (Å²) in [4.78, 5) is 37.0. The van der Waals surface area contributed by atoms with Gasteiger partial charge in [0.1, 0.15) is 16.7 Å². The number of benzene rings is 1. The SMILES string of the molecule is Nc1nc(N)c(Cl)c(NC(c2nc3cccc(Cl)c3c(=O)n2CCCNC(=O)O)C2CC2)n1. The highest BCUT2D eigenvalue weighted by Gasteiger charge is 2.36. The smallest absolute Gasteiger partial charge is 0.404 e. The molecule has 1 fully saturated rings. The molecule has 3 aromatic rings. The zero-order chi connectivity index (χ0) is 23.7. The topological polar surface area (TPSA) is 174 Å². The number of carbonyl (C=O) groups is 1. The van der Waals surface area contributed by atoms with E-state index in [1.54, 1.807) is 18.2 Å². The third-order valence-corrected chi connectivity index (χ3v) is 6.04. The van der Waals surface area contributed by atoms with Crippen LogP contribution in [0.1, 0.15) is 31.1 Å². The van der Waals surface area contributed by atoms with Gasteiger partial charge in [0.15, 0.2) is 5.82 Å². The number of hydrogen-bond acceptors (Lipinski definition) is 8. The van der Waals surface area contributed by atoms with Crippen molar-refractivity contribution in [1.82, 2.24) is 24.8 Å². The molecule has 11 nitrogen and oxygen atoms in total. The van der Waals surface area contributed by atoms with Crippen molar-refractivity contribution in [2.75, 3.05) is 23.3 Å². The Bertz CT molecular complexity index is 1280. The van der Waals surface area contributed by atoms with E-state index in [1.165, 1.54) is 4.57 Å². The molecule has 1 atom stereocenters. The molecule has 1 unspecified atom stereocenters.